The van der Waals surface area contributed by atoms with Gasteiger partial charge >= 0.3 is 6.03 Å². The van der Waals surface area contributed by atoms with Crippen molar-refractivity contribution < 1.29 is 4.79 Å². The first kappa shape index (κ1) is 29.8. The fourth-order valence-corrected chi connectivity index (χ4v) is 6.13. The first-order chi connectivity index (χ1) is 17.9. The quantitative estimate of drug-likeness (QED) is 0.421. The number of hydrogen-bond donors (Lipinski definition) is 3. The van der Waals surface area contributed by atoms with Gasteiger partial charge in [0.1, 0.15) is 10.2 Å². The number of nitrogens with zero attached hydrogens (tertiary/aromatic N) is 4. The van der Waals surface area contributed by atoms with Crippen LogP contribution in [-0.2, 0) is 6.54 Å². The number of anilines is 1. The molecule has 5 rings (SSSR count). The molecule has 8 nitrogen and oxygen atoms in total. The highest BCUT2D eigenvalue weighted by molar-refractivity contribution is 7.09. The van der Waals surface area contributed by atoms with Crippen LogP contribution < -0.4 is 16.4 Å². The highest BCUT2D eigenvalue weighted by Gasteiger charge is 2.51. The second-order valence-electron chi connectivity index (χ2n) is 9.82. The lowest BCUT2D eigenvalue weighted by atomic mass is 10.1. The smallest absolute Gasteiger partial charge is 0.322 e. The van der Waals surface area contributed by atoms with Crippen molar-refractivity contribution in [2.45, 2.75) is 72.0 Å². The molecule has 2 aromatic heterocycles. The van der Waals surface area contributed by atoms with Gasteiger partial charge in [0.25, 0.3) is 0 Å². The monoisotopic (exact) mass is 549 g/mol. The summed E-state index contributed by atoms with van der Waals surface area (Å²) in [5, 5.41) is 9.85. The van der Waals surface area contributed by atoms with Gasteiger partial charge in [-0.25, -0.2) is 14.8 Å². The molecule has 1 aliphatic heterocycles. The minimum atomic E-state index is 0.00701. The van der Waals surface area contributed by atoms with E-state index in [1.165, 1.54) is 12.8 Å². The number of amides is 2. The van der Waals surface area contributed by atoms with Gasteiger partial charge in [0.05, 0.1) is 0 Å². The Bertz CT molecular complexity index is 940. The van der Waals surface area contributed by atoms with Crippen molar-refractivity contribution in [3.63, 3.8) is 0 Å². The zero-order chi connectivity index (χ0) is 26.8. The van der Waals surface area contributed by atoms with E-state index in [4.69, 9.17) is 17.3 Å². The summed E-state index contributed by atoms with van der Waals surface area (Å²) in [4.78, 5) is 25.9. The van der Waals surface area contributed by atoms with Gasteiger partial charge in [-0.15, -0.1) is 11.3 Å². The average molecular weight is 550 g/mol. The van der Waals surface area contributed by atoms with Crippen molar-refractivity contribution in [2.24, 2.45) is 17.6 Å². The summed E-state index contributed by atoms with van der Waals surface area (Å²) in [6, 6.07) is 4.56. The van der Waals surface area contributed by atoms with Crippen LogP contribution in [0.4, 0.5) is 10.5 Å². The third kappa shape index (κ3) is 8.89. The molecular weight excluding hydrogens is 506 g/mol. The highest BCUT2D eigenvalue weighted by atomic mass is 35.5. The Labute approximate surface area is 231 Å². The largest absolute Gasteiger partial charge is 0.325 e. The van der Waals surface area contributed by atoms with E-state index in [2.05, 4.69) is 37.3 Å². The average Bonchev–Trinajstić information content (AvgIpc) is 3.26. The summed E-state index contributed by atoms with van der Waals surface area (Å²) in [6.45, 7) is 13.8. The molecule has 4 atom stereocenters. The number of hydrogen-bond acceptors (Lipinski definition) is 7. The zero-order valence-corrected chi connectivity index (χ0v) is 24.3. The van der Waals surface area contributed by atoms with E-state index in [9.17, 15) is 4.79 Å². The number of nitrogens with one attached hydrogen (secondary N) is 2. The van der Waals surface area contributed by atoms with Gasteiger partial charge in [-0.1, -0.05) is 25.4 Å². The van der Waals surface area contributed by atoms with Crippen LogP contribution in [0.25, 0.3) is 0 Å². The van der Waals surface area contributed by atoms with Gasteiger partial charge in [-0.05, 0) is 63.5 Å². The number of urea groups is 1. The number of piperazine rings is 1. The summed E-state index contributed by atoms with van der Waals surface area (Å²) in [5.74, 6) is 1.57. The first-order valence-electron chi connectivity index (χ1n) is 13.7. The minimum absolute atomic E-state index is 0.00701. The lowest BCUT2D eigenvalue weighted by Crippen LogP contribution is -2.51. The van der Waals surface area contributed by atoms with E-state index in [1.54, 1.807) is 23.6 Å². The molecule has 0 spiro atoms. The van der Waals surface area contributed by atoms with Crippen molar-refractivity contribution in [3.8, 4) is 0 Å². The fraction of sp³-hybridized carbons (Fsp3) is 0.667. The SMILES string of the molecule is CC.Cc1cc(NC(=O)N(CCCN2CCNC[C@@H]2C)[C@@H]2CCC3CC32)cc(Cl)n1.NCc1nccs1. The van der Waals surface area contributed by atoms with Crippen molar-refractivity contribution in [1.82, 2.24) is 25.1 Å². The van der Waals surface area contributed by atoms with E-state index in [0.717, 1.165) is 67.9 Å². The number of halogens is 1. The summed E-state index contributed by atoms with van der Waals surface area (Å²) in [6.07, 6.45) is 6.48. The molecular formula is C27H44ClN7OS. The van der Waals surface area contributed by atoms with Crippen LogP contribution in [0.1, 0.15) is 57.2 Å². The van der Waals surface area contributed by atoms with Gasteiger partial charge in [0.2, 0.25) is 0 Å². The number of carbonyl (C=O) groups excluding carboxylic acids is 1. The highest BCUT2D eigenvalue weighted by Crippen LogP contribution is 2.53. The predicted octanol–water partition coefficient (Wildman–Crippen LogP) is 4.99. The molecule has 2 aromatic rings. The molecule has 0 aromatic carbocycles. The summed E-state index contributed by atoms with van der Waals surface area (Å²) < 4.78 is 0. The van der Waals surface area contributed by atoms with Crippen LogP contribution in [-0.4, -0.2) is 70.6 Å². The Balaban J connectivity index is 0.000000361. The van der Waals surface area contributed by atoms with Gasteiger partial charge in [-0.2, -0.15) is 0 Å². The number of carbonyl (C=O) groups is 1. The molecule has 10 heteroatoms. The van der Waals surface area contributed by atoms with Crippen molar-refractivity contribution in [3.05, 3.63) is 39.6 Å². The third-order valence-electron chi connectivity index (χ3n) is 7.28. The predicted molar refractivity (Wildman–Crippen MR) is 154 cm³/mol. The lowest BCUT2D eigenvalue weighted by Gasteiger charge is -2.35. The van der Waals surface area contributed by atoms with Gasteiger partial charge < -0.3 is 21.3 Å². The molecule has 2 amide bonds. The van der Waals surface area contributed by atoms with E-state index in [-0.39, 0.29) is 6.03 Å². The molecule has 2 saturated carbocycles. The molecule has 4 N–H and O–H groups in total. The number of aryl methyl sites for hydroxylation is 1. The molecule has 2 unspecified atom stereocenters. The summed E-state index contributed by atoms with van der Waals surface area (Å²) in [5.41, 5.74) is 6.78. The fourth-order valence-electron chi connectivity index (χ4n) is 5.39. The minimum Gasteiger partial charge on any atom is -0.325 e. The van der Waals surface area contributed by atoms with E-state index in [0.29, 0.717) is 29.7 Å². The summed E-state index contributed by atoms with van der Waals surface area (Å²) in [7, 11) is 0. The number of pyridine rings is 1. The number of thiazole rings is 1. The van der Waals surface area contributed by atoms with Crippen molar-refractivity contribution >= 4 is 34.7 Å². The Hall–Kier alpha value is -1.78. The topological polar surface area (TPSA) is 99.4 Å². The summed E-state index contributed by atoms with van der Waals surface area (Å²) >= 11 is 7.65. The van der Waals surface area contributed by atoms with Crippen molar-refractivity contribution in [1.29, 1.82) is 0 Å². The Morgan fingerprint density at radius 3 is 2.73 bits per heavy atom. The molecule has 3 heterocycles. The van der Waals surface area contributed by atoms with E-state index < -0.39 is 0 Å². The van der Waals surface area contributed by atoms with Crippen LogP contribution in [0.15, 0.2) is 23.7 Å². The van der Waals surface area contributed by atoms with Crippen LogP contribution in [0.2, 0.25) is 5.15 Å². The second-order valence-corrected chi connectivity index (χ2v) is 11.2. The molecule has 206 valence electrons. The van der Waals surface area contributed by atoms with Crippen LogP contribution >= 0.6 is 22.9 Å². The molecule has 3 aliphatic rings. The van der Waals surface area contributed by atoms with Crippen LogP contribution in [0.3, 0.4) is 0 Å². The van der Waals surface area contributed by atoms with E-state index >= 15 is 0 Å². The second kappa shape index (κ2) is 15.0. The Kier molecular flexibility index (Phi) is 12.0. The maximum atomic E-state index is 13.2. The number of aromatic nitrogens is 2. The van der Waals surface area contributed by atoms with E-state index in [1.807, 2.05) is 32.2 Å². The van der Waals surface area contributed by atoms with Crippen molar-refractivity contribution in [2.75, 3.05) is 38.0 Å². The normalized spacial score (nSPS) is 24.2. The third-order valence-corrected chi connectivity index (χ3v) is 8.28. The molecule has 0 radical (unpaired) electrons. The molecule has 37 heavy (non-hydrogen) atoms. The Morgan fingerprint density at radius 2 is 2.16 bits per heavy atom. The standard InChI is InChI=1S/C21H32ClN5O.C4H6N2S.C2H6/c1-14-10-17(12-20(22)24-14)25-21(28)27(19-5-4-16-11-18(16)19)8-3-7-26-9-6-23-13-15(26)2;5-3-4-6-1-2-7-4;1-2/h10,12,15-16,18-19,23H,3-9,11,13H2,1-2H3,(H,24,25,28);1-2H,3,5H2;1-2H3/t15-,16?,18?,19+;;/m0../s1. The van der Waals surface area contributed by atoms with Gasteiger partial charge in [0, 0.05) is 74.3 Å². The zero-order valence-electron chi connectivity index (χ0n) is 22.8. The maximum absolute atomic E-state index is 13.2. The van der Waals surface area contributed by atoms with Crippen LogP contribution in [0.5, 0.6) is 0 Å². The number of fused-ring (bicyclic) bond motifs is 1. The first-order valence-corrected chi connectivity index (χ1v) is 15.0. The maximum Gasteiger partial charge on any atom is 0.322 e. The van der Waals surface area contributed by atoms with Crippen LogP contribution in [0, 0.1) is 18.8 Å². The lowest BCUT2D eigenvalue weighted by molar-refractivity contribution is 0.150. The molecule has 1 saturated heterocycles. The molecule has 2 aliphatic carbocycles. The molecule has 3 fully saturated rings. The van der Waals surface area contributed by atoms with Gasteiger partial charge in [0.15, 0.2) is 0 Å². The number of rotatable bonds is 7. The Morgan fingerprint density at radius 1 is 1.35 bits per heavy atom. The van der Waals surface area contributed by atoms with Gasteiger partial charge in [-0.3, -0.25) is 4.90 Å². The number of nitrogens with two attached hydrogens (primary N) is 1. The molecule has 0 bridgehead atoms.